The molecule has 5 rings (SSSR count). The number of aliphatic hydroxyl groups is 2. The summed E-state index contributed by atoms with van der Waals surface area (Å²) in [5.74, 6) is 1.85. The van der Waals surface area contributed by atoms with E-state index in [4.69, 9.17) is 4.74 Å². The first-order valence-corrected chi connectivity index (χ1v) is 14.1. The molecule has 4 nitrogen and oxygen atoms in total. The average molecular weight is 475 g/mol. The maximum atomic E-state index is 12.9. The number of hydrogen-bond acceptors (Lipinski definition) is 4. The van der Waals surface area contributed by atoms with Crippen molar-refractivity contribution in [3.8, 4) is 0 Å². The Labute approximate surface area is 207 Å². The molecule has 194 valence electrons. The molecule has 1 aliphatic heterocycles. The molecule has 0 aromatic rings. The predicted octanol–water partition coefficient (Wildman–Crippen LogP) is 5.92. The maximum absolute atomic E-state index is 12.9. The van der Waals surface area contributed by atoms with Gasteiger partial charge in [-0.3, -0.25) is 4.79 Å². The lowest BCUT2D eigenvalue weighted by atomic mass is 9.35. The quantitative estimate of drug-likeness (QED) is 0.521. The number of rotatable bonds is 2. The van der Waals surface area contributed by atoms with Gasteiger partial charge >= 0.3 is 0 Å². The highest BCUT2D eigenvalue weighted by Gasteiger charge is 2.71. The van der Waals surface area contributed by atoms with Gasteiger partial charge in [0.15, 0.2) is 0 Å². The van der Waals surface area contributed by atoms with Crippen molar-refractivity contribution in [2.24, 2.45) is 45.3 Å². The fourth-order valence-electron chi connectivity index (χ4n) is 10.9. The second-order valence-electron chi connectivity index (χ2n) is 15.2. The molecule has 0 bridgehead atoms. The molecule has 1 heterocycles. The molecule has 0 spiro atoms. The lowest BCUT2D eigenvalue weighted by Gasteiger charge is -2.69. The Kier molecular flexibility index (Phi) is 5.42. The number of Topliss-reactive ketones (excluding diaryl/α,β-unsaturated/α-hetero) is 1. The molecule has 3 unspecified atom stereocenters. The average Bonchev–Trinajstić information content (AvgIpc) is 3.30. The fourth-order valence-corrected chi connectivity index (χ4v) is 10.9. The van der Waals surface area contributed by atoms with Gasteiger partial charge < -0.3 is 14.9 Å². The van der Waals surface area contributed by atoms with Crippen LogP contribution < -0.4 is 0 Å². The van der Waals surface area contributed by atoms with Gasteiger partial charge in [-0.1, -0.05) is 34.6 Å². The second-order valence-corrected chi connectivity index (χ2v) is 15.2. The third-order valence-electron chi connectivity index (χ3n) is 13.0. The molecule has 4 aliphatic carbocycles. The fraction of sp³-hybridized carbons (Fsp3) is 0.967. The van der Waals surface area contributed by atoms with E-state index in [2.05, 4.69) is 41.5 Å². The van der Waals surface area contributed by atoms with E-state index in [1.165, 1.54) is 0 Å². The number of fused-ring (bicyclic) bond motifs is 5. The summed E-state index contributed by atoms with van der Waals surface area (Å²) in [5.41, 5.74) is -1.03. The molecule has 4 saturated carbocycles. The van der Waals surface area contributed by atoms with Crippen LogP contribution in [0.15, 0.2) is 0 Å². The zero-order valence-corrected chi connectivity index (χ0v) is 23.0. The Morgan fingerprint density at radius 1 is 0.882 bits per heavy atom. The molecule has 4 heteroatoms. The van der Waals surface area contributed by atoms with E-state index >= 15 is 0 Å². The van der Waals surface area contributed by atoms with Crippen molar-refractivity contribution >= 4 is 5.78 Å². The molecule has 0 aromatic carbocycles. The van der Waals surface area contributed by atoms with E-state index in [0.29, 0.717) is 30.0 Å². The van der Waals surface area contributed by atoms with Crippen LogP contribution in [0.25, 0.3) is 0 Å². The van der Waals surface area contributed by atoms with Gasteiger partial charge in [0, 0.05) is 11.8 Å². The summed E-state index contributed by atoms with van der Waals surface area (Å²) < 4.78 is 6.65. The minimum atomic E-state index is -0.833. The van der Waals surface area contributed by atoms with E-state index in [-0.39, 0.29) is 45.4 Å². The van der Waals surface area contributed by atoms with Crippen molar-refractivity contribution in [1.29, 1.82) is 0 Å². The number of ether oxygens (including phenoxy) is 1. The minimum Gasteiger partial charge on any atom is -0.393 e. The zero-order chi connectivity index (χ0) is 25.1. The first-order chi connectivity index (χ1) is 15.5. The molecule has 1 saturated heterocycles. The van der Waals surface area contributed by atoms with Gasteiger partial charge in [0.05, 0.1) is 23.4 Å². The van der Waals surface area contributed by atoms with Gasteiger partial charge in [0.25, 0.3) is 0 Å². The van der Waals surface area contributed by atoms with E-state index in [0.717, 1.165) is 51.4 Å². The maximum Gasteiger partial charge on any atom is 0.138 e. The molecule has 5 fully saturated rings. The lowest BCUT2D eigenvalue weighted by Crippen LogP contribution is -2.66. The van der Waals surface area contributed by atoms with Crippen LogP contribution in [-0.4, -0.2) is 39.4 Å². The number of ketones is 1. The standard InChI is InChI=1S/C30H50O4/c1-25(2)20-10-15-28(6)21(27(20,5)13-11-22(25)32)17-19(31)24-18(9-14-29(24,28)7)30(8)16-12-23(34-30)26(3,4)33/h18-21,23-24,31,33H,9-17H2,1-8H3/t18-,19+,20?,21?,23+,24?,27-,28+,29+,30-/m1/s1. The molecule has 0 aromatic heterocycles. The van der Waals surface area contributed by atoms with E-state index in [1.807, 2.05) is 13.8 Å². The number of carbonyl (C=O) groups is 1. The Morgan fingerprint density at radius 2 is 1.53 bits per heavy atom. The molecule has 0 radical (unpaired) electrons. The van der Waals surface area contributed by atoms with Gasteiger partial charge in [-0.25, -0.2) is 0 Å². The van der Waals surface area contributed by atoms with Crippen LogP contribution in [0.4, 0.5) is 0 Å². The van der Waals surface area contributed by atoms with Crippen LogP contribution in [0.3, 0.4) is 0 Å². The van der Waals surface area contributed by atoms with Gasteiger partial charge in [-0.05, 0) is 112 Å². The highest BCUT2D eigenvalue weighted by atomic mass is 16.5. The summed E-state index contributed by atoms with van der Waals surface area (Å²) in [5, 5.41) is 22.5. The summed E-state index contributed by atoms with van der Waals surface area (Å²) in [6.07, 6.45) is 8.43. The van der Waals surface area contributed by atoms with Crippen molar-refractivity contribution in [3.63, 3.8) is 0 Å². The van der Waals surface area contributed by atoms with Crippen molar-refractivity contribution in [2.75, 3.05) is 0 Å². The first kappa shape index (κ1) is 25.2. The second kappa shape index (κ2) is 7.32. The largest absolute Gasteiger partial charge is 0.393 e. The molecular weight excluding hydrogens is 424 g/mol. The number of carbonyl (C=O) groups excluding carboxylic acids is 1. The van der Waals surface area contributed by atoms with Crippen LogP contribution in [-0.2, 0) is 9.53 Å². The van der Waals surface area contributed by atoms with Crippen LogP contribution in [0.5, 0.6) is 0 Å². The summed E-state index contributed by atoms with van der Waals surface area (Å²) in [6.45, 7) is 17.8. The third-order valence-corrected chi connectivity index (χ3v) is 13.0. The van der Waals surface area contributed by atoms with E-state index in [9.17, 15) is 15.0 Å². The highest BCUT2D eigenvalue weighted by Crippen LogP contribution is 2.75. The van der Waals surface area contributed by atoms with Crippen LogP contribution in [0.2, 0.25) is 0 Å². The summed E-state index contributed by atoms with van der Waals surface area (Å²) in [7, 11) is 0. The van der Waals surface area contributed by atoms with Crippen molar-refractivity contribution in [2.45, 2.75) is 137 Å². The molecule has 34 heavy (non-hydrogen) atoms. The molecule has 10 atom stereocenters. The first-order valence-electron chi connectivity index (χ1n) is 14.1. The van der Waals surface area contributed by atoms with Crippen LogP contribution in [0.1, 0.15) is 113 Å². The predicted molar refractivity (Wildman–Crippen MR) is 134 cm³/mol. The van der Waals surface area contributed by atoms with E-state index < -0.39 is 5.60 Å². The molecule has 0 amide bonds. The Balaban J connectivity index is 1.49. The van der Waals surface area contributed by atoms with E-state index in [1.54, 1.807) is 0 Å². The monoisotopic (exact) mass is 474 g/mol. The number of hydrogen-bond donors (Lipinski definition) is 2. The van der Waals surface area contributed by atoms with Crippen LogP contribution in [0, 0.1) is 45.3 Å². The topological polar surface area (TPSA) is 66.8 Å². The lowest BCUT2D eigenvalue weighted by molar-refractivity contribution is -0.235. The molecule has 2 N–H and O–H groups in total. The summed E-state index contributed by atoms with van der Waals surface area (Å²) in [4.78, 5) is 12.9. The Bertz CT molecular complexity index is 858. The molecular formula is C30H50O4. The van der Waals surface area contributed by atoms with Crippen molar-refractivity contribution < 1.29 is 19.7 Å². The SMILES string of the molecule is CC1(C)C(=O)CC[C@]2(C)C1CC[C@@]1(C)C2C[C@H](O)C2[C@H]([C@@]3(C)CC[C@@H](C(C)(C)O)O3)CC[C@@]21C. The van der Waals surface area contributed by atoms with Gasteiger partial charge in [0.1, 0.15) is 5.78 Å². The zero-order valence-electron chi connectivity index (χ0n) is 23.0. The Morgan fingerprint density at radius 3 is 2.15 bits per heavy atom. The minimum absolute atomic E-state index is 0.0682. The van der Waals surface area contributed by atoms with Crippen molar-refractivity contribution in [1.82, 2.24) is 0 Å². The highest BCUT2D eigenvalue weighted by molar-refractivity contribution is 5.85. The van der Waals surface area contributed by atoms with Crippen LogP contribution >= 0.6 is 0 Å². The summed E-state index contributed by atoms with van der Waals surface area (Å²) in [6, 6.07) is 0. The number of aliphatic hydroxyl groups excluding tert-OH is 1. The summed E-state index contributed by atoms with van der Waals surface area (Å²) >= 11 is 0. The smallest absolute Gasteiger partial charge is 0.138 e. The van der Waals surface area contributed by atoms with Gasteiger partial charge in [-0.15, -0.1) is 0 Å². The Hall–Kier alpha value is -0.450. The van der Waals surface area contributed by atoms with Gasteiger partial charge in [0.2, 0.25) is 0 Å². The molecule has 5 aliphatic rings. The normalized spacial score (nSPS) is 54.9. The van der Waals surface area contributed by atoms with Crippen molar-refractivity contribution in [3.05, 3.63) is 0 Å². The van der Waals surface area contributed by atoms with Gasteiger partial charge in [-0.2, -0.15) is 0 Å². The third kappa shape index (κ3) is 3.09.